The Balaban J connectivity index is 2.22. The lowest BCUT2D eigenvalue weighted by Crippen LogP contribution is -2.47. The predicted molar refractivity (Wildman–Crippen MR) is 75.0 cm³/mol. The third-order valence-electron chi connectivity index (χ3n) is 4.10. The van der Waals surface area contributed by atoms with Crippen molar-refractivity contribution in [3.8, 4) is 0 Å². The number of aliphatic hydroxyl groups is 1. The van der Waals surface area contributed by atoms with Crippen molar-refractivity contribution in [2.24, 2.45) is 11.8 Å². The molecule has 0 aromatic rings. The third-order valence-corrected chi connectivity index (χ3v) is 4.10. The molecule has 3 atom stereocenters. The van der Waals surface area contributed by atoms with Crippen molar-refractivity contribution < 1.29 is 14.6 Å². The van der Waals surface area contributed by atoms with E-state index in [-0.39, 0.29) is 18.0 Å². The number of hydrogen-bond donors (Lipinski definition) is 3. The SMILES string of the molecule is CCC(C)C(O)CNC(=O)NC(C)C1CCOCC1. The van der Waals surface area contributed by atoms with Crippen LogP contribution in [0.3, 0.4) is 0 Å². The number of rotatable bonds is 6. The number of carbonyl (C=O) groups is 1. The second kappa shape index (κ2) is 8.38. The predicted octanol–water partition coefficient (Wildman–Crippen LogP) is 1.51. The summed E-state index contributed by atoms with van der Waals surface area (Å²) in [6.07, 6.45) is 2.42. The van der Waals surface area contributed by atoms with E-state index >= 15 is 0 Å². The van der Waals surface area contributed by atoms with Gasteiger partial charge in [-0.25, -0.2) is 4.79 Å². The summed E-state index contributed by atoms with van der Waals surface area (Å²) in [7, 11) is 0. The number of amides is 2. The minimum Gasteiger partial charge on any atom is -0.391 e. The maximum Gasteiger partial charge on any atom is 0.315 e. The summed E-state index contributed by atoms with van der Waals surface area (Å²) < 4.78 is 5.31. The summed E-state index contributed by atoms with van der Waals surface area (Å²) in [4.78, 5) is 11.7. The van der Waals surface area contributed by atoms with Gasteiger partial charge >= 0.3 is 6.03 Å². The van der Waals surface area contributed by atoms with E-state index in [0.29, 0.717) is 12.5 Å². The third kappa shape index (κ3) is 5.78. The molecular formula is C14H28N2O3. The van der Waals surface area contributed by atoms with E-state index in [1.54, 1.807) is 0 Å². The van der Waals surface area contributed by atoms with Crippen LogP contribution in [0, 0.1) is 11.8 Å². The molecule has 1 aliphatic rings. The van der Waals surface area contributed by atoms with Crippen LogP contribution < -0.4 is 10.6 Å². The normalized spacial score (nSPS) is 21.5. The van der Waals surface area contributed by atoms with Crippen LogP contribution in [0.15, 0.2) is 0 Å². The summed E-state index contributed by atoms with van der Waals surface area (Å²) in [5.74, 6) is 0.687. The molecule has 0 aromatic carbocycles. The number of carbonyl (C=O) groups excluding carboxylic acids is 1. The van der Waals surface area contributed by atoms with Crippen LogP contribution in [0.2, 0.25) is 0 Å². The first-order chi connectivity index (χ1) is 9.04. The Hall–Kier alpha value is -0.810. The molecule has 3 N–H and O–H groups in total. The standard InChI is InChI=1S/C14H28N2O3/c1-4-10(2)13(17)9-15-14(18)16-11(3)12-5-7-19-8-6-12/h10-13,17H,4-9H2,1-3H3,(H2,15,16,18). The van der Waals surface area contributed by atoms with Crippen LogP contribution in [0.5, 0.6) is 0 Å². The second-order valence-electron chi connectivity index (χ2n) is 5.55. The van der Waals surface area contributed by atoms with Crippen LogP contribution >= 0.6 is 0 Å². The van der Waals surface area contributed by atoms with Crippen molar-refractivity contribution in [2.75, 3.05) is 19.8 Å². The van der Waals surface area contributed by atoms with E-state index < -0.39 is 6.10 Å². The monoisotopic (exact) mass is 272 g/mol. The van der Waals surface area contributed by atoms with Crippen LogP contribution in [-0.4, -0.2) is 43.0 Å². The maximum absolute atomic E-state index is 11.7. The van der Waals surface area contributed by atoms with Crippen molar-refractivity contribution in [1.29, 1.82) is 0 Å². The fraction of sp³-hybridized carbons (Fsp3) is 0.929. The zero-order valence-electron chi connectivity index (χ0n) is 12.3. The van der Waals surface area contributed by atoms with Crippen molar-refractivity contribution in [3.05, 3.63) is 0 Å². The molecule has 1 rings (SSSR count). The van der Waals surface area contributed by atoms with E-state index in [1.165, 1.54) is 0 Å². The summed E-state index contributed by atoms with van der Waals surface area (Å²) in [5, 5.41) is 15.5. The Morgan fingerprint density at radius 2 is 2.00 bits per heavy atom. The fourth-order valence-corrected chi connectivity index (χ4v) is 2.26. The molecule has 1 aliphatic heterocycles. The van der Waals surface area contributed by atoms with Gasteiger partial charge in [0, 0.05) is 25.8 Å². The van der Waals surface area contributed by atoms with Crippen LogP contribution in [0.4, 0.5) is 4.79 Å². The highest BCUT2D eigenvalue weighted by molar-refractivity contribution is 5.74. The molecule has 1 heterocycles. The molecule has 0 aromatic heterocycles. The van der Waals surface area contributed by atoms with E-state index in [2.05, 4.69) is 10.6 Å². The molecule has 1 fully saturated rings. The molecular weight excluding hydrogens is 244 g/mol. The molecule has 112 valence electrons. The van der Waals surface area contributed by atoms with Gasteiger partial charge in [-0.05, 0) is 31.6 Å². The fourth-order valence-electron chi connectivity index (χ4n) is 2.26. The quantitative estimate of drug-likeness (QED) is 0.686. The lowest BCUT2D eigenvalue weighted by atomic mass is 9.93. The van der Waals surface area contributed by atoms with Gasteiger partial charge in [0.05, 0.1) is 6.10 Å². The molecule has 19 heavy (non-hydrogen) atoms. The van der Waals surface area contributed by atoms with Gasteiger partial charge in [0.25, 0.3) is 0 Å². The average Bonchev–Trinajstić information content (AvgIpc) is 2.44. The highest BCUT2D eigenvalue weighted by Crippen LogP contribution is 2.18. The lowest BCUT2D eigenvalue weighted by Gasteiger charge is -2.28. The first-order valence-corrected chi connectivity index (χ1v) is 7.34. The average molecular weight is 272 g/mol. The van der Waals surface area contributed by atoms with E-state index in [4.69, 9.17) is 4.74 Å². The summed E-state index contributed by atoms with van der Waals surface area (Å²) >= 11 is 0. The van der Waals surface area contributed by atoms with Crippen molar-refractivity contribution in [1.82, 2.24) is 10.6 Å². The van der Waals surface area contributed by atoms with Gasteiger partial charge in [0.15, 0.2) is 0 Å². The highest BCUT2D eigenvalue weighted by Gasteiger charge is 2.22. The highest BCUT2D eigenvalue weighted by atomic mass is 16.5. The zero-order valence-corrected chi connectivity index (χ0v) is 12.3. The molecule has 2 amide bonds. The van der Waals surface area contributed by atoms with Crippen LogP contribution in [0.25, 0.3) is 0 Å². The number of aliphatic hydroxyl groups excluding tert-OH is 1. The summed E-state index contributed by atoms with van der Waals surface area (Å²) in [6.45, 7) is 7.91. The number of urea groups is 1. The van der Waals surface area contributed by atoms with E-state index in [9.17, 15) is 9.90 Å². The van der Waals surface area contributed by atoms with E-state index in [0.717, 1.165) is 32.5 Å². The molecule has 0 radical (unpaired) electrons. The van der Waals surface area contributed by atoms with Gasteiger partial charge < -0.3 is 20.5 Å². The van der Waals surface area contributed by atoms with Gasteiger partial charge in [-0.15, -0.1) is 0 Å². The molecule has 0 spiro atoms. The van der Waals surface area contributed by atoms with E-state index in [1.807, 2.05) is 20.8 Å². The van der Waals surface area contributed by atoms with Crippen LogP contribution in [-0.2, 0) is 4.74 Å². The van der Waals surface area contributed by atoms with Gasteiger partial charge in [0.2, 0.25) is 0 Å². The number of nitrogens with one attached hydrogen (secondary N) is 2. The number of ether oxygens (including phenoxy) is 1. The molecule has 0 aliphatic carbocycles. The van der Waals surface area contributed by atoms with Crippen molar-refractivity contribution >= 4 is 6.03 Å². The Morgan fingerprint density at radius 3 is 2.58 bits per heavy atom. The lowest BCUT2D eigenvalue weighted by molar-refractivity contribution is 0.0569. The van der Waals surface area contributed by atoms with Crippen molar-refractivity contribution in [2.45, 2.75) is 52.2 Å². The van der Waals surface area contributed by atoms with Gasteiger partial charge in [-0.2, -0.15) is 0 Å². The minimum absolute atomic E-state index is 0.143. The molecule has 0 saturated carbocycles. The molecule has 5 nitrogen and oxygen atoms in total. The Kier molecular flexibility index (Phi) is 7.16. The molecule has 0 bridgehead atoms. The molecule has 5 heteroatoms. The second-order valence-corrected chi connectivity index (χ2v) is 5.55. The Bertz CT molecular complexity index is 267. The zero-order chi connectivity index (χ0) is 14.3. The smallest absolute Gasteiger partial charge is 0.315 e. The largest absolute Gasteiger partial charge is 0.391 e. The Morgan fingerprint density at radius 1 is 1.37 bits per heavy atom. The van der Waals surface area contributed by atoms with Gasteiger partial charge in [0.1, 0.15) is 0 Å². The maximum atomic E-state index is 11.7. The topological polar surface area (TPSA) is 70.6 Å². The molecule has 1 saturated heterocycles. The summed E-state index contributed by atoms with van der Waals surface area (Å²) in [6, 6.07) is -0.0500. The first-order valence-electron chi connectivity index (χ1n) is 7.34. The minimum atomic E-state index is -0.478. The summed E-state index contributed by atoms with van der Waals surface area (Å²) in [5.41, 5.74) is 0. The van der Waals surface area contributed by atoms with Gasteiger partial charge in [-0.1, -0.05) is 20.3 Å². The van der Waals surface area contributed by atoms with Crippen molar-refractivity contribution in [3.63, 3.8) is 0 Å². The first kappa shape index (κ1) is 16.2. The number of hydrogen-bond acceptors (Lipinski definition) is 3. The van der Waals surface area contributed by atoms with Crippen LogP contribution in [0.1, 0.15) is 40.0 Å². The Labute approximate surface area is 116 Å². The van der Waals surface area contributed by atoms with Gasteiger partial charge in [-0.3, -0.25) is 0 Å². The molecule has 3 unspecified atom stereocenters.